The average Bonchev–Trinajstić information content (AvgIpc) is 2.75. The molecule has 2 rings (SSSR count). The maximum Gasteiger partial charge on any atom is 0.269 e. The van der Waals surface area contributed by atoms with Crippen LogP contribution in [0.2, 0.25) is 4.34 Å². The molecule has 6 heteroatoms. The number of benzene rings is 1. The molecule has 0 atom stereocenters. The lowest BCUT2D eigenvalue weighted by Crippen LogP contribution is -2.16. The fourth-order valence-electron chi connectivity index (χ4n) is 1.79. The van der Waals surface area contributed by atoms with Gasteiger partial charge in [0.2, 0.25) is 0 Å². The van der Waals surface area contributed by atoms with Gasteiger partial charge in [-0.2, -0.15) is 0 Å². The van der Waals surface area contributed by atoms with Crippen LogP contribution in [-0.4, -0.2) is 16.9 Å². The van der Waals surface area contributed by atoms with Crippen LogP contribution in [0.5, 0.6) is 0 Å². The summed E-state index contributed by atoms with van der Waals surface area (Å²) in [7, 11) is 2.01. The topological polar surface area (TPSA) is 46.4 Å². The van der Waals surface area contributed by atoms with E-state index in [4.69, 9.17) is 11.6 Å². The molecule has 0 bridgehead atoms. The maximum atomic E-state index is 10.6. The average molecular weight is 297 g/mol. The SMILES string of the molecule is CN(Cc1ccc([N+](=O)[O-])cc1)Cc1ccc(Cl)s1. The third-order valence-corrected chi connectivity index (χ3v) is 3.87. The van der Waals surface area contributed by atoms with Crippen molar-refractivity contribution >= 4 is 28.6 Å². The smallest absolute Gasteiger partial charge is 0.269 e. The molecule has 2 aromatic rings. The first-order chi connectivity index (χ1) is 9.04. The van der Waals surface area contributed by atoms with Crippen molar-refractivity contribution in [3.8, 4) is 0 Å². The van der Waals surface area contributed by atoms with Gasteiger partial charge < -0.3 is 0 Å². The monoisotopic (exact) mass is 296 g/mol. The molecule has 0 spiro atoms. The summed E-state index contributed by atoms with van der Waals surface area (Å²) in [5, 5.41) is 10.6. The third kappa shape index (κ3) is 4.02. The second-order valence-electron chi connectivity index (χ2n) is 4.30. The highest BCUT2D eigenvalue weighted by Gasteiger charge is 2.07. The Kier molecular flexibility index (Phi) is 4.52. The Hall–Kier alpha value is -1.43. The zero-order chi connectivity index (χ0) is 13.8. The summed E-state index contributed by atoms with van der Waals surface area (Å²) >= 11 is 7.45. The van der Waals surface area contributed by atoms with Crippen molar-refractivity contribution in [2.75, 3.05) is 7.05 Å². The number of rotatable bonds is 5. The fourth-order valence-corrected chi connectivity index (χ4v) is 2.96. The molecule has 0 aliphatic carbocycles. The van der Waals surface area contributed by atoms with Crippen molar-refractivity contribution < 1.29 is 4.92 Å². The number of nitrogens with zero attached hydrogens (tertiary/aromatic N) is 2. The van der Waals surface area contributed by atoms with E-state index in [1.807, 2.05) is 19.2 Å². The summed E-state index contributed by atoms with van der Waals surface area (Å²) in [5.41, 5.74) is 1.17. The molecule has 0 saturated heterocycles. The predicted molar refractivity (Wildman–Crippen MR) is 77.6 cm³/mol. The molecule has 0 radical (unpaired) electrons. The van der Waals surface area contributed by atoms with Crippen molar-refractivity contribution in [3.05, 3.63) is 61.3 Å². The van der Waals surface area contributed by atoms with E-state index in [-0.39, 0.29) is 10.6 Å². The lowest BCUT2D eigenvalue weighted by molar-refractivity contribution is -0.384. The Balaban J connectivity index is 1.94. The molecule has 19 heavy (non-hydrogen) atoms. The van der Waals surface area contributed by atoms with E-state index in [9.17, 15) is 10.1 Å². The van der Waals surface area contributed by atoms with Gasteiger partial charge in [0.05, 0.1) is 9.26 Å². The Bertz CT molecular complexity index is 568. The Morgan fingerprint density at radius 2 is 1.89 bits per heavy atom. The minimum Gasteiger partial charge on any atom is -0.297 e. The van der Waals surface area contributed by atoms with Gasteiger partial charge in [0.15, 0.2) is 0 Å². The molecule has 4 nitrogen and oxygen atoms in total. The zero-order valence-corrected chi connectivity index (χ0v) is 11.9. The van der Waals surface area contributed by atoms with Crippen molar-refractivity contribution in [2.24, 2.45) is 0 Å². The largest absolute Gasteiger partial charge is 0.297 e. The van der Waals surface area contributed by atoms with Crippen LogP contribution in [0, 0.1) is 10.1 Å². The summed E-state index contributed by atoms with van der Waals surface area (Å²) in [6.45, 7) is 1.56. The van der Waals surface area contributed by atoms with Crippen LogP contribution in [0.3, 0.4) is 0 Å². The molecule has 0 unspecified atom stereocenters. The summed E-state index contributed by atoms with van der Waals surface area (Å²) in [5.74, 6) is 0. The lowest BCUT2D eigenvalue weighted by atomic mass is 10.2. The first kappa shape index (κ1) is 14.0. The van der Waals surface area contributed by atoms with Crippen molar-refractivity contribution in [2.45, 2.75) is 13.1 Å². The van der Waals surface area contributed by atoms with Crippen LogP contribution in [0.4, 0.5) is 5.69 Å². The number of thiophene rings is 1. The molecule has 0 saturated carbocycles. The first-order valence-corrected chi connectivity index (χ1v) is 6.90. The number of halogens is 1. The molecule has 0 aliphatic heterocycles. The number of nitro groups is 1. The molecular formula is C13H13ClN2O2S. The lowest BCUT2D eigenvalue weighted by Gasteiger charge is -2.15. The van der Waals surface area contributed by atoms with Crippen LogP contribution >= 0.6 is 22.9 Å². The molecule has 1 heterocycles. The van der Waals surface area contributed by atoms with Crippen LogP contribution in [-0.2, 0) is 13.1 Å². The zero-order valence-electron chi connectivity index (χ0n) is 10.4. The number of non-ortho nitro benzene ring substituents is 1. The quantitative estimate of drug-likeness (QED) is 0.620. The van der Waals surface area contributed by atoms with E-state index in [1.54, 1.807) is 23.5 Å². The first-order valence-electron chi connectivity index (χ1n) is 5.70. The molecule has 0 N–H and O–H groups in total. The van der Waals surface area contributed by atoms with Crippen LogP contribution in [0.1, 0.15) is 10.4 Å². The minimum absolute atomic E-state index is 0.122. The van der Waals surface area contributed by atoms with Crippen molar-refractivity contribution in [1.29, 1.82) is 0 Å². The molecular weight excluding hydrogens is 284 g/mol. The maximum absolute atomic E-state index is 10.6. The van der Waals surface area contributed by atoms with Crippen molar-refractivity contribution in [1.82, 2.24) is 4.90 Å². The molecule has 1 aromatic carbocycles. The summed E-state index contributed by atoms with van der Waals surface area (Å²) in [4.78, 5) is 13.5. The molecule has 1 aromatic heterocycles. The second kappa shape index (κ2) is 6.14. The minimum atomic E-state index is -0.388. The summed E-state index contributed by atoms with van der Waals surface area (Å²) < 4.78 is 0.790. The summed E-state index contributed by atoms with van der Waals surface area (Å²) in [6.07, 6.45) is 0. The van der Waals surface area contributed by atoms with E-state index in [2.05, 4.69) is 4.90 Å². The predicted octanol–water partition coefficient (Wildman–Crippen LogP) is 3.94. The van der Waals surface area contributed by atoms with Crippen LogP contribution in [0.25, 0.3) is 0 Å². The second-order valence-corrected chi connectivity index (χ2v) is 6.10. The van der Waals surface area contributed by atoms with Gasteiger partial charge in [0.25, 0.3) is 5.69 Å². The number of hydrogen-bond donors (Lipinski definition) is 0. The highest BCUT2D eigenvalue weighted by atomic mass is 35.5. The molecule has 0 aliphatic rings. The molecule has 0 amide bonds. The van der Waals surface area contributed by atoms with Gasteiger partial charge >= 0.3 is 0 Å². The fraction of sp³-hybridized carbons (Fsp3) is 0.231. The Morgan fingerprint density at radius 3 is 2.42 bits per heavy atom. The van der Waals surface area contributed by atoms with Gasteiger partial charge in [0.1, 0.15) is 0 Å². The van der Waals surface area contributed by atoms with Gasteiger partial charge in [-0.05, 0) is 24.7 Å². The highest BCUT2D eigenvalue weighted by Crippen LogP contribution is 2.23. The van der Waals surface area contributed by atoms with E-state index < -0.39 is 0 Å². The van der Waals surface area contributed by atoms with Gasteiger partial charge in [-0.3, -0.25) is 15.0 Å². The standard InChI is InChI=1S/C13H13ClN2O2S/c1-15(9-12-6-7-13(14)19-12)8-10-2-4-11(5-3-10)16(17)18/h2-7H,8-9H2,1H3. The highest BCUT2D eigenvalue weighted by molar-refractivity contribution is 7.16. The van der Waals surface area contributed by atoms with E-state index in [0.717, 1.165) is 23.0 Å². The Labute approximate surface area is 120 Å². The number of hydrogen-bond acceptors (Lipinski definition) is 4. The molecule has 0 fully saturated rings. The normalized spacial score (nSPS) is 10.9. The van der Waals surface area contributed by atoms with E-state index in [1.165, 1.54) is 17.0 Å². The van der Waals surface area contributed by atoms with Gasteiger partial charge in [-0.1, -0.05) is 23.7 Å². The van der Waals surface area contributed by atoms with Crippen molar-refractivity contribution in [3.63, 3.8) is 0 Å². The van der Waals surface area contributed by atoms with E-state index in [0.29, 0.717) is 0 Å². The van der Waals surface area contributed by atoms with Crippen LogP contribution < -0.4 is 0 Å². The third-order valence-electron chi connectivity index (χ3n) is 2.65. The van der Waals surface area contributed by atoms with E-state index >= 15 is 0 Å². The Morgan fingerprint density at radius 1 is 1.21 bits per heavy atom. The molecule has 100 valence electrons. The van der Waals surface area contributed by atoms with Crippen LogP contribution in [0.15, 0.2) is 36.4 Å². The van der Waals surface area contributed by atoms with Gasteiger partial charge in [0, 0.05) is 30.1 Å². The van der Waals surface area contributed by atoms with Gasteiger partial charge in [-0.15, -0.1) is 11.3 Å². The number of nitro benzene ring substituents is 1. The van der Waals surface area contributed by atoms with Gasteiger partial charge in [-0.25, -0.2) is 0 Å². The summed E-state index contributed by atoms with van der Waals surface area (Å²) in [6, 6.07) is 10.5.